The van der Waals surface area contributed by atoms with E-state index >= 15 is 0 Å². The molecule has 4 rings (SSSR count). The van der Waals surface area contributed by atoms with Crippen molar-refractivity contribution in [1.82, 2.24) is 20.3 Å². The summed E-state index contributed by atoms with van der Waals surface area (Å²) in [5, 5.41) is 3.11. The molecule has 0 atom stereocenters. The van der Waals surface area contributed by atoms with Crippen molar-refractivity contribution in [2.45, 2.75) is 12.5 Å². The van der Waals surface area contributed by atoms with Crippen LogP contribution in [0.25, 0.3) is 11.0 Å². The van der Waals surface area contributed by atoms with E-state index in [4.69, 9.17) is 0 Å². The molecule has 1 aliphatic heterocycles. The Morgan fingerprint density at radius 1 is 1.08 bits per heavy atom. The smallest absolute Gasteiger partial charge is 0.251 e. The molecule has 1 saturated heterocycles. The molecule has 0 saturated carbocycles. The summed E-state index contributed by atoms with van der Waals surface area (Å²) in [5.74, 6) is 0.760. The Bertz CT molecular complexity index is 885. The third-order valence-electron chi connectivity index (χ3n) is 4.21. The molecule has 1 amide bonds. The number of carbonyl (C=O) groups is 1. The molecule has 3 heterocycles. The maximum absolute atomic E-state index is 12.3. The van der Waals surface area contributed by atoms with Crippen LogP contribution in [0.5, 0.6) is 0 Å². The van der Waals surface area contributed by atoms with Gasteiger partial charge in [-0.25, -0.2) is 9.97 Å². The number of pyridine rings is 1. The molecule has 6 nitrogen and oxygen atoms in total. The summed E-state index contributed by atoms with van der Waals surface area (Å²) in [4.78, 5) is 27.4. The van der Waals surface area contributed by atoms with Gasteiger partial charge in [-0.15, -0.1) is 0 Å². The van der Waals surface area contributed by atoms with Crippen LogP contribution in [0, 0.1) is 0 Å². The van der Waals surface area contributed by atoms with Crippen LogP contribution in [0.2, 0.25) is 0 Å². The van der Waals surface area contributed by atoms with Crippen LogP contribution in [-0.4, -0.2) is 39.5 Å². The first-order chi connectivity index (χ1) is 11.6. The number of nitrogens with zero attached hydrogens (tertiary/aromatic N) is 4. The molecule has 1 fully saturated rings. The maximum Gasteiger partial charge on any atom is 0.251 e. The van der Waals surface area contributed by atoms with E-state index in [1.807, 2.05) is 49.4 Å². The van der Waals surface area contributed by atoms with E-state index in [9.17, 15) is 4.79 Å². The standard InChI is InChI=1S/C18H17N5O/c1-18(22-17(24)13-6-3-2-4-7-13)10-23(11-18)16-15-14(20-12-21-16)8-5-9-19-15/h2-9,12H,10-11H2,1H3,(H,22,24). The predicted molar refractivity (Wildman–Crippen MR) is 91.9 cm³/mol. The first-order valence-corrected chi connectivity index (χ1v) is 7.83. The monoisotopic (exact) mass is 319 g/mol. The lowest BCUT2D eigenvalue weighted by Crippen LogP contribution is -2.69. The van der Waals surface area contributed by atoms with Gasteiger partial charge in [0.2, 0.25) is 0 Å². The van der Waals surface area contributed by atoms with Gasteiger partial charge in [0.1, 0.15) is 11.8 Å². The SMILES string of the molecule is CC1(NC(=O)c2ccccc2)CN(c2ncnc3cccnc23)C1. The average molecular weight is 319 g/mol. The van der Waals surface area contributed by atoms with Crippen LogP contribution in [0.15, 0.2) is 55.0 Å². The summed E-state index contributed by atoms with van der Waals surface area (Å²) in [7, 11) is 0. The lowest BCUT2D eigenvalue weighted by molar-refractivity contribution is 0.0889. The normalized spacial score (nSPS) is 15.8. The third kappa shape index (κ3) is 2.56. The van der Waals surface area contributed by atoms with Crippen LogP contribution in [0.1, 0.15) is 17.3 Å². The highest BCUT2D eigenvalue weighted by Crippen LogP contribution is 2.29. The molecule has 1 aliphatic rings. The van der Waals surface area contributed by atoms with Gasteiger partial charge in [0, 0.05) is 24.8 Å². The second-order valence-corrected chi connectivity index (χ2v) is 6.31. The topological polar surface area (TPSA) is 71.0 Å². The van der Waals surface area contributed by atoms with E-state index in [1.165, 1.54) is 0 Å². The van der Waals surface area contributed by atoms with Gasteiger partial charge in [0.05, 0.1) is 11.1 Å². The molecule has 0 radical (unpaired) electrons. The number of amides is 1. The van der Waals surface area contributed by atoms with Crippen molar-refractivity contribution < 1.29 is 4.79 Å². The quantitative estimate of drug-likeness (QED) is 0.800. The minimum absolute atomic E-state index is 0.0524. The summed E-state index contributed by atoms with van der Waals surface area (Å²) in [6.45, 7) is 3.42. The summed E-state index contributed by atoms with van der Waals surface area (Å²) < 4.78 is 0. The minimum atomic E-state index is -0.279. The Labute approximate surface area is 139 Å². The third-order valence-corrected chi connectivity index (χ3v) is 4.21. The van der Waals surface area contributed by atoms with Gasteiger partial charge in [-0.1, -0.05) is 18.2 Å². The highest BCUT2D eigenvalue weighted by molar-refractivity contribution is 5.95. The molecule has 2 aromatic heterocycles. The van der Waals surface area contributed by atoms with Gasteiger partial charge in [-0.3, -0.25) is 9.78 Å². The Kier molecular flexibility index (Phi) is 3.37. The van der Waals surface area contributed by atoms with Gasteiger partial charge in [-0.2, -0.15) is 0 Å². The van der Waals surface area contributed by atoms with Crippen molar-refractivity contribution in [3.63, 3.8) is 0 Å². The van der Waals surface area contributed by atoms with Crippen molar-refractivity contribution in [2.75, 3.05) is 18.0 Å². The molecular formula is C18H17N5O. The number of anilines is 1. The zero-order chi connectivity index (χ0) is 16.6. The Balaban J connectivity index is 1.50. The first-order valence-electron chi connectivity index (χ1n) is 7.83. The molecule has 6 heteroatoms. The van der Waals surface area contributed by atoms with Crippen LogP contribution in [0.3, 0.4) is 0 Å². The molecule has 1 aromatic carbocycles. The summed E-state index contributed by atoms with van der Waals surface area (Å²) in [6, 6.07) is 13.0. The summed E-state index contributed by atoms with van der Waals surface area (Å²) in [5.41, 5.74) is 2.01. The Morgan fingerprint density at radius 2 is 1.88 bits per heavy atom. The molecule has 3 aromatic rings. The molecule has 0 bridgehead atoms. The number of rotatable bonds is 3. The van der Waals surface area contributed by atoms with E-state index < -0.39 is 0 Å². The number of aromatic nitrogens is 3. The zero-order valence-corrected chi connectivity index (χ0v) is 13.3. The summed E-state index contributed by atoms with van der Waals surface area (Å²) >= 11 is 0. The number of benzene rings is 1. The Hall–Kier alpha value is -3.02. The fourth-order valence-corrected chi connectivity index (χ4v) is 3.07. The molecule has 1 N–H and O–H groups in total. The minimum Gasteiger partial charge on any atom is -0.350 e. The van der Waals surface area contributed by atoms with Crippen molar-refractivity contribution in [2.24, 2.45) is 0 Å². The van der Waals surface area contributed by atoms with Crippen LogP contribution < -0.4 is 10.2 Å². The second kappa shape index (κ2) is 5.56. The van der Waals surface area contributed by atoms with Crippen LogP contribution >= 0.6 is 0 Å². The van der Waals surface area contributed by atoms with Gasteiger partial charge < -0.3 is 10.2 Å². The molecular weight excluding hydrogens is 302 g/mol. The van der Waals surface area contributed by atoms with Crippen molar-refractivity contribution >= 4 is 22.8 Å². The number of hydrogen-bond donors (Lipinski definition) is 1. The van der Waals surface area contributed by atoms with Crippen molar-refractivity contribution in [1.29, 1.82) is 0 Å². The zero-order valence-electron chi connectivity index (χ0n) is 13.3. The highest BCUT2D eigenvalue weighted by atomic mass is 16.1. The fraction of sp³-hybridized carbons (Fsp3) is 0.222. The number of nitrogens with one attached hydrogen (secondary N) is 1. The maximum atomic E-state index is 12.3. The van der Waals surface area contributed by atoms with Crippen molar-refractivity contribution in [3.8, 4) is 0 Å². The lowest BCUT2D eigenvalue weighted by atomic mass is 9.91. The summed E-state index contributed by atoms with van der Waals surface area (Å²) in [6.07, 6.45) is 3.29. The molecule has 0 unspecified atom stereocenters. The Morgan fingerprint density at radius 3 is 2.67 bits per heavy atom. The van der Waals surface area contributed by atoms with E-state index in [0.29, 0.717) is 18.7 Å². The number of carbonyl (C=O) groups excluding carboxylic acids is 1. The van der Waals surface area contributed by atoms with Gasteiger partial charge in [0.15, 0.2) is 5.82 Å². The molecule has 24 heavy (non-hydrogen) atoms. The van der Waals surface area contributed by atoms with Crippen molar-refractivity contribution in [3.05, 3.63) is 60.6 Å². The van der Waals surface area contributed by atoms with Gasteiger partial charge >= 0.3 is 0 Å². The molecule has 120 valence electrons. The van der Waals surface area contributed by atoms with Crippen LogP contribution in [-0.2, 0) is 0 Å². The van der Waals surface area contributed by atoms with Gasteiger partial charge in [0.25, 0.3) is 5.91 Å². The number of fused-ring (bicyclic) bond motifs is 1. The molecule has 0 aliphatic carbocycles. The molecule has 0 spiro atoms. The lowest BCUT2D eigenvalue weighted by Gasteiger charge is -2.49. The second-order valence-electron chi connectivity index (χ2n) is 6.31. The van der Waals surface area contributed by atoms with E-state index in [-0.39, 0.29) is 11.4 Å². The van der Waals surface area contributed by atoms with Crippen LogP contribution in [0.4, 0.5) is 5.82 Å². The predicted octanol–water partition coefficient (Wildman–Crippen LogP) is 2.03. The van der Waals surface area contributed by atoms with E-state index in [0.717, 1.165) is 16.9 Å². The largest absolute Gasteiger partial charge is 0.350 e. The van der Waals surface area contributed by atoms with Gasteiger partial charge in [-0.05, 0) is 31.2 Å². The first kappa shape index (κ1) is 14.6. The van der Waals surface area contributed by atoms with E-state index in [2.05, 4.69) is 25.2 Å². The van der Waals surface area contributed by atoms with E-state index in [1.54, 1.807) is 12.5 Å². The number of hydrogen-bond acceptors (Lipinski definition) is 5. The highest BCUT2D eigenvalue weighted by Gasteiger charge is 2.41. The average Bonchev–Trinajstić information content (AvgIpc) is 2.60. The fourth-order valence-electron chi connectivity index (χ4n) is 3.07.